The molecule has 0 aliphatic heterocycles. The molecule has 3 heteroatoms. The molecule has 0 bridgehead atoms. The summed E-state index contributed by atoms with van der Waals surface area (Å²) in [5.41, 5.74) is 1.02. The first-order chi connectivity index (χ1) is 9.19. The van der Waals surface area contributed by atoms with Gasteiger partial charge in [-0.05, 0) is 37.5 Å². The van der Waals surface area contributed by atoms with E-state index in [-0.39, 0.29) is 5.75 Å². The molecular formula is C16H26O3. The highest BCUT2D eigenvalue weighted by molar-refractivity contribution is 5.55. The van der Waals surface area contributed by atoms with Crippen molar-refractivity contribution in [3.63, 3.8) is 0 Å². The zero-order valence-corrected chi connectivity index (χ0v) is 12.5. The van der Waals surface area contributed by atoms with Crippen molar-refractivity contribution < 1.29 is 14.6 Å². The van der Waals surface area contributed by atoms with Gasteiger partial charge in [0.2, 0.25) is 0 Å². The fourth-order valence-electron chi connectivity index (χ4n) is 1.38. The van der Waals surface area contributed by atoms with E-state index >= 15 is 0 Å². The van der Waals surface area contributed by atoms with E-state index in [0.717, 1.165) is 31.6 Å². The lowest BCUT2D eigenvalue weighted by atomic mass is 10.2. The van der Waals surface area contributed by atoms with Gasteiger partial charge in [-0.25, -0.2) is 0 Å². The van der Waals surface area contributed by atoms with Gasteiger partial charge in [0.05, 0.1) is 7.11 Å². The summed E-state index contributed by atoms with van der Waals surface area (Å²) in [5, 5.41) is 9.25. The maximum Gasteiger partial charge on any atom is 0.161 e. The number of aromatic hydroxyl groups is 1. The summed E-state index contributed by atoms with van der Waals surface area (Å²) in [6.07, 6.45) is 6.16. The highest BCUT2D eigenvalue weighted by Crippen LogP contribution is 2.26. The molecule has 3 nitrogen and oxygen atoms in total. The second-order valence-electron chi connectivity index (χ2n) is 4.04. The third-order valence-electron chi connectivity index (χ3n) is 2.26. The number of phenols is 1. The molecule has 0 saturated heterocycles. The van der Waals surface area contributed by atoms with Crippen LogP contribution >= 0.6 is 0 Å². The summed E-state index contributed by atoms with van der Waals surface area (Å²) in [5.74, 6) is 0.677. The van der Waals surface area contributed by atoms with Crippen molar-refractivity contribution in [2.45, 2.75) is 33.6 Å². The van der Waals surface area contributed by atoms with E-state index in [1.165, 1.54) is 7.11 Å². The number of rotatable bonds is 6. The van der Waals surface area contributed by atoms with Crippen molar-refractivity contribution >= 4 is 6.08 Å². The van der Waals surface area contributed by atoms with Gasteiger partial charge in [-0.3, -0.25) is 0 Å². The number of hydrogen-bond donors (Lipinski definition) is 1. The quantitative estimate of drug-likeness (QED) is 0.782. The molecule has 0 spiro atoms. The van der Waals surface area contributed by atoms with Gasteiger partial charge in [0.15, 0.2) is 11.5 Å². The first-order valence-electron chi connectivity index (χ1n) is 6.76. The molecular weight excluding hydrogens is 240 g/mol. The molecule has 0 heterocycles. The Morgan fingerprint density at radius 2 is 1.79 bits per heavy atom. The molecule has 0 unspecified atom stereocenters. The Hall–Kier alpha value is -1.48. The van der Waals surface area contributed by atoms with E-state index < -0.39 is 0 Å². The maximum atomic E-state index is 9.25. The lowest BCUT2D eigenvalue weighted by molar-refractivity contribution is 0.135. The van der Waals surface area contributed by atoms with E-state index in [9.17, 15) is 5.11 Å². The number of phenolic OH excluding ortho intramolecular Hbond substituents is 1. The molecule has 1 aromatic carbocycles. The van der Waals surface area contributed by atoms with Crippen LogP contribution < -0.4 is 4.74 Å². The van der Waals surface area contributed by atoms with E-state index in [0.29, 0.717) is 5.75 Å². The van der Waals surface area contributed by atoms with Crippen LogP contribution in [0.3, 0.4) is 0 Å². The predicted octanol–water partition coefficient (Wildman–Crippen LogP) is 4.26. The van der Waals surface area contributed by atoms with E-state index in [2.05, 4.69) is 13.8 Å². The average molecular weight is 266 g/mol. The Labute approximate surface area is 116 Å². The topological polar surface area (TPSA) is 38.7 Å². The molecule has 0 aromatic heterocycles. The van der Waals surface area contributed by atoms with Crippen LogP contribution in [0.15, 0.2) is 24.3 Å². The zero-order chi connectivity index (χ0) is 14.5. The molecule has 1 N–H and O–H groups in total. The Morgan fingerprint density at radius 3 is 2.26 bits per heavy atom. The third kappa shape index (κ3) is 8.27. The zero-order valence-electron chi connectivity index (χ0n) is 12.5. The summed E-state index contributed by atoms with van der Waals surface area (Å²) in [6.45, 7) is 8.03. The average Bonchev–Trinajstić information content (AvgIpc) is 2.42. The van der Waals surface area contributed by atoms with Crippen molar-refractivity contribution in [2.24, 2.45) is 0 Å². The fraction of sp³-hybridized carbons (Fsp3) is 0.500. The van der Waals surface area contributed by atoms with Crippen LogP contribution in [-0.4, -0.2) is 25.4 Å². The predicted molar refractivity (Wildman–Crippen MR) is 80.8 cm³/mol. The first kappa shape index (κ1) is 17.5. The van der Waals surface area contributed by atoms with E-state index in [1.54, 1.807) is 12.1 Å². The number of allylic oxidation sites excluding steroid dienone is 1. The van der Waals surface area contributed by atoms with Crippen molar-refractivity contribution in [2.75, 3.05) is 20.3 Å². The van der Waals surface area contributed by atoms with Gasteiger partial charge in [0, 0.05) is 13.2 Å². The summed E-state index contributed by atoms with van der Waals surface area (Å²) in [4.78, 5) is 0. The van der Waals surface area contributed by atoms with Crippen LogP contribution in [0.4, 0.5) is 0 Å². The SMILES string of the molecule is CC=Cc1ccc(O)c(OC)c1.CCCOCCC. The van der Waals surface area contributed by atoms with Gasteiger partial charge in [0.25, 0.3) is 0 Å². The van der Waals surface area contributed by atoms with Crippen LogP contribution in [0, 0.1) is 0 Å². The molecule has 0 atom stereocenters. The lowest BCUT2D eigenvalue weighted by Gasteiger charge is -2.03. The largest absolute Gasteiger partial charge is 0.504 e. The normalized spacial score (nSPS) is 10.1. The van der Waals surface area contributed by atoms with E-state index in [1.807, 2.05) is 25.1 Å². The summed E-state index contributed by atoms with van der Waals surface area (Å²) in [7, 11) is 1.54. The third-order valence-corrected chi connectivity index (χ3v) is 2.26. The molecule has 19 heavy (non-hydrogen) atoms. The Balaban J connectivity index is 0.000000399. The number of hydrogen-bond acceptors (Lipinski definition) is 3. The Kier molecular flexibility index (Phi) is 10.7. The minimum atomic E-state index is 0.172. The Morgan fingerprint density at radius 1 is 1.16 bits per heavy atom. The lowest BCUT2D eigenvalue weighted by Crippen LogP contribution is -1.92. The smallest absolute Gasteiger partial charge is 0.161 e. The second kappa shape index (κ2) is 11.6. The van der Waals surface area contributed by atoms with Gasteiger partial charge in [0.1, 0.15) is 0 Å². The fourth-order valence-corrected chi connectivity index (χ4v) is 1.38. The second-order valence-corrected chi connectivity index (χ2v) is 4.04. The highest BCUT2D eigenvalue weighted by Gasteiger charge is 1.99. The van der Waals surface area contributed by atoms with Crippen LogP contribution in [0.2, 0.25) is 0 Å². The van der Waals surface area contributed by atoms with Crippen LogP contribution in [0.5, 0.6) is 11.5 Å². The summed E-state index contributed by atoms with van der Waals surface area (Å²) in [6, 6.07) is 5.24. The molecule has 0 radical (unpaired) electrons. The molecule has 1 aromatic rings. The van der Waals surface area contributed by atoms with Crippen LogP contribution in [0.1, 0.15) is 39.2 Å². The molecule has 108 valence electrons. The summed E-state index contributed by atoms with van der Waals surface area (Å²) >= 11 is 0. The molecule has 0 fully saturated rings. The number of benzene rings is 1. The van der Waals surface area contributed by atoms with Crippen molar-refractivity contribution in [1.29, 1.82) is 0 Å². The highest BCUT2D eigenvalue weighted by atomic mass is 16.5. The molecule has 1 rings (SSSR count). The first-order valence-corrected chi connectivity index (χ1v) is 6.76. The maximum absolute atomic E-state index is 9.25. The minimum Gasteiger partial charge on any atom is -0.504 e. The molecule has 0 amide bonds. The number of methoxy groups -OCH3 is 1. The molecule has 0 saturated carbocycles. The Bertz CT molecular complexity index is 355. The van der Waals surface area contributed by atoms with Crippen molar-refractivity contribution in [1.82, 2.24) is 0 Å². The van der Waals surface area contributed by atoms with Crippen molar-refractivity contribution in [3.05, 3.63) is 29.8 Å². The van der Waals surface area contributed by atoms with Gasteiger partial charge in [-0.15, -0.1) is 0 Å². The summed E-state index contributed by atoms with van der Waals surface area (Å²) < 4.78 is 10.1. The minimum absolute atomic E-state index is 0.172. The molecule has 0 aliphatic rings. The number of ether oxygens (including phenoxy) is 2. The van der Waals surface area contributed by atoms with Gasteiger partial charge in [-0.1, -0.05) is 32.1 Å². The monoisotopic (exact) mass is 266 g/mol. The van der Waals surface area contributed by atoms with Gasteiger partial charge < -0.3 is 14.6 Å². The van der Waals surface area contributed by atoms with Crippen LogP contribution in [0.25, 0.3) is 6.08 Å². The molecule has 0 aliphatic carbocycles. The van der Waals surface area contributed by atoms with Crippen LogP contribution in [-0.2, 0) is 4.74 Å². The van der Waals surface area contributed by atoms with Gasteiger partial charge in [-0.2, -0.15) is 0 Å². The standard InChI is InChI=1S/C10H12O2.C6H14O/c1-3-4-8-5-6-9(11)10(7-8)12-2;1-3-5-7-6-4-2/h3-7,11H,1-2H3;3-6H2,1-2H3. The van der Waals surface area contributed by atoms with Gasteiger partial charge >= 0.3 is 0 Å². The van der Waals surface area contributed by atoms with Crippen molar-refractivity contribution in [3.8, 4) is 11.5 Å². The van der Waals surface area contributed by atoms with E-state index in [4.69, 9.17) is 9.47 Å².